The van der Waals surface area contributed by atoms with Gasteiger partial charge in [0.15, 0.2) is 5.57 Å². The van der Waals surface area contributed by atoms with Gasteiger partial charge in [-0.3, -0.25) is 23.9 Å². The molecule has 43 heavy (non-hydrogen) atoms. The summed E-state index contributed by atoms with van der Waals surface area (Å²) in [4.78, 5) is 41.7. The Balaban J connectivity index is 1.51. The van der Waals surface area contributed by atoms with Gasteiger partial charge in [0.2, 0.25) is 5.91 Å². The molecule has 1 aromatic heterocycles. The number of fused-ring (bicyclic) bond motifs is 1. The molecular weight excluding hydrogens is 588 g/mol. The number of alkyl halides is 3. The van der Waals surface area contributed by atoms with Crippen molar-refractivity contribution in [2.45, 2.75) is 32.1 Å². The molecule has 2 aromatic rings. The number of anilines is 2. The summed E-state index contributed by atoms with van der Waals surface area (Å²) in [5, 5.41) is 14.1. The fraction of sp³-hybridized carbons (Fsp3) is 0.345. The molecule has 2 heterocycles. The maximum atomic E-state index is 13.6. The van der Waals surface area contributed by atoms with Crippen LogP contribution in [0.2, 0.25) is 0 Å². The zero-order valence-corrected chi connectivity index (χ0v) is 24.1. The number of nitrogens with one attached hydrogen (secondary N) is 2. The second kappa shape index (κ2) is 13.2. The van der Waals surface area contributed by atoms with Gasteiger partial charge in [0.1, 0.15) is 27.6 Å². The molecule has 2 amide bonds. The number of rotatable bonds is 8. The van der Waals surface area contributed by atoms with Gasteiger partial charge in [0, 0.05) is 43.1 Å². The number of hydrogen-bond acceptors (Lipinski definition) is 7. The molecule has 1 aliphatic heterocycles. The predicted molar refractivity (Wildman–Crippen MR) is 155 cm³/mol. The Hall–Kier alpha value is -4.44. The summed E-state index contributed by atoms with van der Waals surface area (Å²) in [6.07, 6.45) is 2.28. The van der Waals surface area contributed by atoms with Gasteiger partial charge >= 0.3 is 6.18 Å². The van der Waals surface area contributed by atoms with E-state index in [1.165, 1.54) is 17.2 Å². The molecule has 1 saturated heterocycles. The third-order valence-corrected chi connectivity index (χ3v) is 8.14. The molecule has 2 N–H and O–H groups in total. The number of hydrogen-bond donors (Lipinski definition) is 2. The normalized spacial score (nSPS) is 18.6. The van der Waals surface area contributed by atoms with Crippen molar-refractivity contribution in [3.8, 4) is 6.07 Å². The average Bonchev–Trinajstić information content (AvgIpc) is 3.50. The first kappa shape index (κ1) is 31.5. The van der Waals surface area contributed by atoms with Crippen LogP contribution in [-0.4, -0.2) is 60.2 Å². The number of halogens is 4. The maximum Gasteiger partial charge on any atom is 0.405 e. The van der Waals surface area contributed by atoms with E-state index in [2.05, 4.69) is 11.0 Å². The van der Waals surface area contributed by atoms with Crippen LogP contribution in [0.5, 0.6) is 0 Å². The molecule has 9 nitrogen and oxygen atoms in total. The fourth-order valence-electron chi connectivity index (χ4n) is 4.84. The summed E-state index contributed by atoms with van der Waals surface area (Å²) >= 11 is 0.755. The standard InChI is InChI=1S/C29H28F4N6O3S/c1-3-39-27(42)24(43-28(39)22(15-34)26(41)36-17-29(31,32)33)9-11-35-20-5-4-6-21(14-20)37(2)25(40)16-38-12-10-18-13-19(30)7-8-23(18)38/h4-8,11,13-14,18,23,35H,3,10,12,16-17H2,1-2H3,(H,36,41)/b28-22-. The fourth-order valence-corrected chi connectivity index (χ4v) is 5.91. The first-order valence-corrected chi connectivity index (χ1v) is 14.1. The number of thiazole rings is 1. The van der Waals surface area contributed by atoms with E-state index in [0.717, 1.165) is 22.3 Å². The lowest BCUT2D eigenvalue weighted by Gasteiger charge is -2.27. The summed E-state index contributed by atoms with van der Waals surface area (Å²) in [6, 6.07) is 8.53. The molecule has 2 unspecified atom stereocenters. The number of likely N-dealkylation sites (N-methyl/N-ethyl adjacent to an activating group) is 1. The van der Waals surface area contributed by atoms with E-state index in [1.807, 2.05) is 4.90 Å². The lowest BCUT2D eigenvalue weighted by molar-refractivity contribution is -0.135. The molecule has 14 heteroatoms. The Bertz CT molecular complexity index is 1730. The van der Waals surface area contributed by atoms with Gasteiger partial charge < -0.3 is 15.5 Å². The van der Waals surface area contributed by atoms with Gasteiger partial charge in [-0.05, 0) is 50.2 Å². The number of nitrogens with zero attached hydrogens (tertiary/aromatic N) is 4. The minimum Gasteiger partial charge on any atom is -0.355 e. The van der Waals surface area contributed by atoms with E-state index in [1.54, 1.807) is 61.8 Å². The molecule has 2 atom stereocenters. The first-order valence-electron chi connectivity index (χ1n) is 13.3. The van der Waals surface area contributed by atoms with Gasteiger partial charge in [-0.2, -0.15) is 18.4 Å². The molecule has 0 radical (unpaired) electrons. The molecule has 2 aliphatic rings. The number of carbonyl (C=O) groups excluding carboxylic acids is 2. The van der Waals surface area contributed by atoms with Crippen molar-refractivity contribution in [3.05, 3.63) is 74.1 Å². The van der Waals surface area contributed by atoms with Crippen LogP contribution >= 0.6 is 11.3 Å². The Morgan fingerprint density at radius 2 is 2.07 bits per heavy atom. The van der Waals surface area contributed by atoms with Crippen LogP contribution in [0.3, 0.4) is 0 Å². The second-order valence-corrected chi connectivity index (χ2v) is 10.8. The summed E-state index contributed by atoms with van der Waals surface area (Å²) in [7, 11) is 1.65. The van der Waals surface area contributed by atoms with E-state index in [4.69, 9.17) is 0 Å². The van der Waals surface area contributed by atoms with Crippen LogP contribution in [0.25, 0.3) is 11.3 Å². The van der Waals surface area contributed by atoms with E-state index >= 15 is 0 Å². The second-order valence-electron chi connectivity index (χ2n) is 9.83. The van der Waals surface area contributed by atoms with Crippen molar-refractivity contribution in [1.29, 1.82) is 5.26 Å². The van der Waals surface area contributed by atoms with Gasteiger partial charge in [0.05, 0.1) is 6.54 Å². The zero-order chi connectivity index (χ0) is 31.3. The predicted octanol–water partition coefficient (Wildman–Crippen LogP) is 2.36. The highest BCUT2D eigenvalue weighted by Crippen LogP contribution is 2.31. The molecule has 1 aromatic carbocycles. The van der Waals surface area contributed by atoms with Gasteiger partial charge in [-0.15, -0.1) is 11.3 Å². The molecule has 226 valence electrons. The van der Waals surface area contributed by atoms with Gasteiger partial charge in [0.25, 0.3) is 11.5 Å². The zero-order valence-electron chi connectivity index (χ0n) is 23.2. The highest BCUT2D eigenvalue weighted by Gasteiger charge is 2.34. The minimum atomic E-state index is -4.66. The first-order chi connectivity index (χ1) is 20.4. The van der Waals surface area contributed by atoms with E-state index < -0.39 is 29.8 Å². The van der Waals surface area contributed by atoms with E-state index in [9.17, 15) is 37.2 Å². The Morgan fingerprint density at radius 3 is 2.77 bits per heavy atom. The number of likely N-dealkylation sites (tertiary alicyclic amines) is 1. The number of benzene rings is 1. The van der Waals surface area contributed by atoms with Crippen LogP contribution < -0.4 is 30.3 Å². The van der Waals surface area contributed by atoms with Crippen molar-refractivity contribution < 1.29 is 27.2 Å². The lowest BCUT2D eigenvalue weighted by Crippen LogP contribution is -2.41. The Labute approximate surface area is 248 Å². The van der Waals surface area contributed by atoms with E-state index in [-0.39, 0.29) is 46.0 Å². The highest BCUT2D eigenvalue weighted by atomic mass is 32.1. The summed E-state index contributed by atoms with van der Waals surface area (Å²) < 4.78 is 52.2. The van der Waals surface area contributed by atoms with Crippen molar-refractivity contribution in [3.63, 3.8) is 0 Å². The number of nitriles is 1. The van der Waals surface area contributed by atoms with Gasteiger partial charge in [-0.1, -0.05) is 17.9 Å². The maximum absolute atomic E-state index is 13.6. The van der Waals surface area contributed by atoms with Crippen LogP contribution in [-0.2, 0) is 16.1 Å². The monoisotopic (exact) mass is 616 g/mol. The number of amides is 2. The highest BCUT2D eigenvalue weighted by molar-refractivity contribution is 7.07. The number of allylic oxidation sites excluding steroid dienone is 2. The lowest BCUT2D eigenvalue weighted by atomic mass is 9.95. The molecule has 0 spiro atoms. The number of carbonyl (C=O) groups is 2. The SMILES string of the molecule is CCn1c(=O)c(=C=CNc2cccc(N(C)C(=O)CN3CCC4C=C(F)C=CC43)c2)s/c1=C(/C#N)C(=O)NCC(F)(F)F. The van der Waals surface area contributed by atoms with Crippen molar-refractivity contribution in [1.82, 2.24) is 14.8 Å². The quantitative estimate of drug-likeness (QED) is 0.441. The summed E-state index contributed by atoms with van der Waals surface area (Å²) in [5.41, 5.74) is 2.78. The molecule has 1 aliphatic carbocycles. The molecule has 0 bridgehead atoms. The van der Waals surface area contributed by atoms with Crippen LogP contribution in [0.1, 0.15) is 13.3 Å². The Morgan fingerprint density at radius 1 is 1.30 bits per heavy atom. The van der Waals surface area contributed by atoms with Crippen molar-refractivity contribution >= 4 is 45.8 Å². The van der Waals surface area contributed by atoms with Crippen molar-refractivity contribution in [2.75, 3.05) is 36.9 Å². The van der Waals surface area contributed by atoms with Gasteiger partial charge in [-0.25, -0.2) is 4.39 Å². The molecule has 4 rings (SSSR count). The van der Waals surface area contributed by atoms with E-state index in [0.29, 0.717) is 17.9 Å². The summed E-state index contributed by atoms with van der Waals surface area (Å²) in [6.45, 7) is 0.907. The van der Waals surface area contributed by atoms with Crippen molar-refractivity contribution in [2.24, 2.45) is 5.92 Å². The third-order valence-electron chi connectivity index (χ3n) is 7.03. The third kappa shape index (κ3) is 7.50. The Kier molecular flexibility index (Phi) is 9.70. The largest absolute Gasteiger partial charge is 0.405 e. The molecule has 1 fully saturated rings. The minimum absolute atomic E-state index is 0.0169. The average molecular weight is 617 g/mol. The van der Waals surface area contributed by atoms with Crippen LogP contribution in [0.15, 0.2) is 59.3 Å². The number of aromatic nitrogens is 1. The summed E-state index contributed by atoms with van der Waals surface area (Å²) in [5.74, 6) is -1.58. The van der Waals surface area contributed by atoms with Crippen LogP contribution in [0, 0.1) is 17.2 Å². The molecular formula is C29H28F4N6O3S. The van der Waals surface area contributed by atoms with Crippen LogP contribution in [0.4, 0.5) is 28.9 Å². The topological polar surface area (TPSA) is 110 Å². The molecule has 0 saturated carbocycles. The smallest absolute Gasteiger partial charge is 0.355 e.